The number of hydrogen-bond donors (Lipinski definition) is 1. The molecular weight excluding hydrogens is 418 g/mol. The average molecular weight is 444 g/mol. The van der Waals surface area contributed by atoms with Gasteiger partial charge >= 0.3 is 0 Å². The van der Waals surface area contributed by atoms with Crippen molar-refractivity contribution in [3.8, 4) is 23.3 Å². The fourth-order valence-electron chi connectivity index (χ4n) is 3.15. The molecule has 0 fully saturated rings. The lowest BCUT2D eigenvalue weighted by Gasteiger charge is -2.11. The highest BCUT2D eigenvalue weighted by Gasteiger charge is 2.06. The number of hydrazone groups is 1. The lowest BCUT2D eigenvalue weighted by Crippen LogP contribution is -2.24. The van der Waals surface area contributed by atoms with Crippen molar-refractivity contribution < 1.29 is 19.0 Å². The minimum absolute atomic E-state index is 0.132. The van der Waals surface area contributed by atoms with Gasteiger partial charge in [-0.15, -0.1) is 0 Å². The monoisotopic (exact) mass is 443 g/mol. The molecule has 0 aromatic heterocycles. The van der Waals surface area contributed by atoms with E-state index in [1.807, 2.05) is 50.2 Å². The maximum absolute atomic E-state index is 12.0. The zero-order valence-electron chi connectivity index (χ0n) is 18.8. The van der Waals surface area contributed by atoms with Crippen LogP contribution in [0, 0.1) is 25.2 Å². The topological polar surface area (TPSA) is 92.9 Å². The molecule has 7 heteroatoms. The van der Waals surface area contributed by atoms with Crippen LogP contribution in [0.5, 0.6) is 17.2 Å². The van der Waals surface area contributed by atoms with Crippen LogP contribution in [-0.2, 0) is 11.4 Å². The Balaban J connectivity index is 1.56. The highest BCUT2D eigenvalue weighted by Crippen LogP contribution is 2.22. The van der Waals surface area contributed by atoms with Crippen molar-refractivity contribution in [3.63, 3.8) is 0 Å². The summed E-state index contributed by atoms with van der Waals surface area (Å²) in [4.78, 5) is 12.0. The van der Waals surface area contributed by atoms with Crippen LogP contribution in [0.4, 0.5) is 0 Å². The molecule has 3 rings (SSSR count). The number of benzene rings is 3. The smallest absolute Gasteiger partial charge is 0.277 e. The molecule has 3 aromatic carbocycles. The Labute approximate surface area is 193 Å². The van der Waals surface area contributed by atoms with Gasteiger partial charge in [-0.25, -0.2) is 5.43 Å². The molecule has 0 saturated heterocycles. The maximum atomic E-state index is 12.0. The molecular formula is C26H25N3O4. The number of nitriles is 1. The van der Waals surface area contributed by atoms with Gasteiger partial charge in [-0.05, 0) is 85.1 Å². The number of nitrogens with zero attached hydrogens (tertiary/aromatic N) is 2. The predicted octanol–water partition coefficient (Wildman–Crippen LogP) is 4.29. The summed E-state index contributed by atoms with van der Waals surface area (Å²) in [7, 11) is 1.59. The summed E-state index contributed by atoms with van der Waals surface area (Å²) in [6, 6.07) is 20.2. The number of ether oxygens (including phenoxy) is 3. The first-order valence-corrected chi connectivity index (χ1v) is 10.3. The number of carbonyl (C=O) groups excluding carboxylic acids is 1. The molecule has 3 aromatic rings. The third kappa shape index (κ3) is 7.11. The highest BCUT2D eigenvalue weighted by atomic mass is 16.5. The zero-order valence-corrected chi connectivity index (χ0v) is 18.8. The molecule has 1 amide bonds. The number of amides is 1. The highest BCUT2D eigenvalue weighted by molar-refractivity contribution is 5.83. The Morgan fingerprint density at radius 1 is 1.00 bits per heavy atom. The first kappa shape index (κ1) is 23.4. The van der Waals surface area contributed by atoms with Gasteiger partial charge in [-0.1, -0.05) is 6.07 Å². The minimum Gasteiger partial charge on any atom is -0.496 e. The van der Waals surface area contributed by atoms with Crippen molar-refractivity contribution in [1.29, 1.82) is 5.26 Å². The summed E-state index contributed by atoms with van der Waals surface area (Å²) in [5.74, 6) is 1.61. The van der Waals surface area contributed by atoms with Gasteiger partial charge in [0, 0.05) is 5.56 Å². The minimum atomic E-state index is -0.358. The molecule has 0 saturated carbocycles. The first-order chi connectivity index (χ1) is 16.0. The van der Waals surface area contributed by atoms with Crippen LogP contribution in [-0.4, -0.2) is 25.8 Å². The molecule has 33 heavy (non-hydrogen) atoms. The van der Waals surface area contributed by atoms with E-state index in [9.17, 15) is 4.79 Å². The number of aryl methyl sites for hydroxylation is 2. The van der Waals surface area contributed by atoms with E-state index in [0.717, 1.165) is 22.3 Å². The molecule has 0 unspecified atom stereocenters. The molecule has 0 radical (unpaired) electrons. The molecule has 0 heterocycles. The van der Waals surface area contributed by atoms with Gasteiger partial charge in [0.15, 0.2) is 6.61 Å². The predicted molar refractivity (Wildman–Crippen MR) is 126 cm³/mol. The van der Waals surface area contributed by atoms with Gasteiger partial charge < -0.3 is 14.2 Å². The molecule has 0 bridgehead atoms. The lowest BCUT2D eigenvalue weighted by molar-refractivity contribution is -0.123. The third-order valence-electron chi connectivity index (χ3n) is 4.65. The van der Waals surface area contributed by atoms with Crippen molar-refractivity contribution in [2.45, 2.75) is 20.5 Å². The van der Waals surface area contributed by atoms with Crippen molar-refractivity contribution in [3.05, 3.63) is 88.5 Å². The summed E-state index contributed by atoms with van der Waals surface area (Å²) in [5.41, 5.74) is 6.76. The van der Waals surface area contributed by atoms with Gasteiger partial charge in [0.1, 0.15) is 23.9 Å². The molecule has 0 aliphatic heterocycles. The Kier molecular flexibility index (Phi) is 8.03. The first-order valence-electron chi connectivity index (χ1n) is 10.3. The van der Waals surface area contributed by atoms with Crippen LogP contribution < -0.4 is 19.6 Å². The van der Waals surface area contributed by atoms with Crippen LogP contribution in [0.2, 0.25) is 0 Å². The third-order valence-corrected chi connectivity index (χ3v) is 4.65. The van der Waals surface area contributed by atoms with Gasteiger partial charge in [0.2, 0.25) is 0 Å². The quantitative estimate of drug-likeness (QED) is 0.393. The average Bonchev–Trinajstić information content (AvgIpc) is 2.81. The van der Waals surface area contributed by atoms with Gasteiger partial charge in [0.25, 0.3) is 5.91 Å². The van der Waals surface area contributed by atoms with E-state index >= 15 is 0 Å². The number of nitrogens with one attached hydrogen (secondary N) is 1. The van der Waals surface area contributed by atoms with E-state index in [2.05, 4.69) is 16.6 Å². The summed E-state index contributed by atoms with van der Waals surface area (Å²) >= 11 is 0. The van der Waals surface area contributed by atoms with Crippen LogP contribution in [0.3, 0.4) is 0 Å². The van der Waals surface area contributed by atoms with Gasteiger partial charge in [-0.3, -0.25) is 4.79 Å². The normalized spacial score (nSPS) is 10.5. The second-order valence-electron chi connectivity index (χ2n) is 7.40. The molecule has 168 valence electrons. The largest absolute Gasteiger partial charge is 0.496 e. The van der Waals surface area contributed by atoms with Gasteiger partial charge in [0.05, 0.1) is 25.0 Å². The summed E-state index contributed by atoms with van der Waals surface area (Å²) in [6.07, 6.45) is 1.54. The number of methoxy groups -OCH3 is 1. The van der Waals surface area contributed by atoms with E-state index < -0.39 is 0 Å². The zero-order chi connectivity index (χ0) is 23.6. The van der Waals surface area contributed by atoms with Gasteiger partial charge in [-0.2, -0.15) is 10.4 Å². The van der Waals surface area contributed by atoms with Crippen molar-refractivity contribution in [2.24, 2.45) is 5.10 Å². The fraction of sp³-hybridized carbons (Fsp3) is 0.192. The summed E-state index contributed by atoms with van der Waals surface area (Å²) in [5, 5.41) is 12.9. The fourth-order valence-corrected chi connectivity index (χ4v) is 3.15. The van der Waals surface area contributed by atoms with Crippen molar-refractivity contribution in [1.82, 2.24) is 5.43 Å². The summed E-state index contributed by atoms with van der Waals surface area (Å²) < 4.78 is 16.7. The summed E-state index contributed by atoms with van der Waals surface area (Å²) in [6.45, 7) is 4.09. The van der Waals surface area contributed by atoms with E-state index in [1.165, 1.54) is 0 Å². The lowest BCUT2D eigenvalue weighted by atomic mass is 10.1. The Bertz CT molecular complexity index is 1160. The number of rotatable bonds is 9. The molecule has 0 spiro atoms. The molecule has 7 nitrogen and oxygen atoms in total. The Morgan fingerprint density at radius 2 is 1.73 bits per heavy atom. The Hall–Kier alpha value is -4.31. The van der Waals surface area contributed by atoms with Crippen LogP contribution in [0.1, 0.15) is 27.8 Å². The standard InChI is InChI=1S/C26H25N3O4/c1-18-10-19(2)12-24(11-18)33-17-26(30)29-28-15-21-6-9-25(31-3)22(13-21)16-32-23-7-4-20(14-27)5-8-23/h4-13,15H,16-17H2,1-3H3,(H,29,30)/b28-15+. The molecule has 0 aliphatic carbocycles. The second-order valence-corrected chi connectivity index (χ2v) is 7.40. The van der Waals surface area contributed by atoms with Crippen LogP contribution in [0.15, 0.2) is 65.8 Å². The Morgan fingerprint density at radius 3 is 2.39 bits per heavy atom. The molecule has 0 aliphatic rings. The number of hydrogen-bond acceptors (Lipinski definition) is 6. The van der Waals surface area contributed by atoms with Crippen LogP contribution in [0.25, 0.3) is 0 Å². The van der Waals surface area contributed by atoms with E-state index in [1.54, 1.807) is 37.6 Å². The second kappa shape index (κ2) is 11.3. The van der Waals surface area contributed by atoms with E-state index in [0.29, 0.717) is 22.8 Å². The molecule has 0 atom stereocenters. The number of carbonyl (C=O) groups is 1. The SMILES string of the molecule is COc1ccc(/C=N/NC(=O)COc2cc(C)cc(C)c2)cc1COc1ccc(C#N)cc1. The van der Waals surface area contributed by atoms with Crippen molar-refractivity contribution >= 4 is 12.1 Å². The van der Waals surface area contributed by atoms with Crippen LogP contribution >= 0.6 is 0 Å². The van der Waals surface area contributed by atoms with E-state index in [-0.39, 0.29) is 19.1 Å². The molecule has 1 N–H and O–H groups in total. The van der Waals surface area contributed by atoms with Crippen molar-refractivity contribution in [2.75, 3.05) is 13.7 Å². The van der Waals surface area contributed by atoms with E-state index in [4.69, 9.17) is 19.5 Å². The maximum Gasteiger partial charge on any atom is 0.277 e.